The average molecular weight is 227 g/mol. The van der Waals surface area contributed by atoms with Gasteiger partial charge in [0.1, 0.15) is 0 Å². The summed E-state index contributed by atoms with van der Waals surface area (Å²) in [6, 6.07) is 13.1. The van der Waals surface area contributed by atoms with Gasteiger partial charge in [-0.15, -0.1) is 0 Å². The van der Waals surface area contributed by atoms with Gasteiger partial charge in [-0.05, 0) is 12.1 Å². The molecule has 0 bridgehead atoms. The van der Waals surface area contributed by atoms with Gasteiger partial charge in [0, 0.05) is 6.07 Å². The van der Waals surface area contributed by atoms with Gasteiger partial charge in [-0.25, -0.2) is 15.1 Å². The summed E-state index contributed by atoms with van der Waals surface area (Å²) in [5.41, 5.74) is 1.50. The number of carbonyl (C=O) groups is 1. The number of hydrogen-bond donors (Lipinski definition) is 1. The fourth-order valence-electron chi connectivity index (χ4n) is 1.88. The summed E-state index contributed by atoms with van der Waals surface area (Å²) in [5.74, 6) is 0.524. The molecule has 1 aromatic carbocycles. The van der Waals surface area contributed by atoms with E-state index >= 15 is 0 Å². The van der Waals surface area contributed by atoms with Crippen molar-refractivity contribution in [2.24, 2.45) is 0 Å². The molecular formula is C13H11N2O2+. The molecule has 84 valence electrons. The normalized spacial score (nSPS) is 17.4. The van der Waals surface area contributed by atoms with Crippen LogP contribution < -0.4 is 10.3 Å². The van der Waals surface area contributed by atoms with Crippen LogP contribution in [-0.2, 0) is 4.74 Å². The largest absolute Gasteiger partial charge is 0.414 e. The molecule has 0 radical (unpaired) electrons. The molecule has 1 aliphatic rings. The Morgan fingerprint density at radius 2 is 1.94 bits per heavy atom. The van der Waals surface area contributed by atoms with E-state index in [1.54, 1.807) is 6.07 Å². The lowest BCUT2D eigenvalue weighted by Crippen LogP contribution is -2.17. The molecule has 1 aliphatic heterocycles. The minimum Gasteiger partial charge on any atom is -0.414 e. The van der Waals surface area contributed by atoms with Crippen LogP contribution in [0.2, 0.25) is 0 Å². The highest BCUT2D eigenvalue weighted by molar-refractivity contribution is 5.94. The Labute approximate surface area is 98.3 Å². The first-order valence-electron chi connectivity index (χ1n) is 5.38. The molecule has 1 atom stereocenters. The van der Waals surface area contributed by atoms with Crippen molar-refractivity contribution in [3.05, 3.63) is 59.8 Å². The summed E-state index contributed by atoms with van der Waals surface area (Å²) in [6.07, 6.45) is 1.39. The zero-order chi connectivity index (χ0) is 11.7. The summed E-state index contributed by atoms with van der Waals surface area (Å²) in [5, 5.41) is 3.13. The van der Waals surface area contributed by atoms with E-state index in [0.29, 0.717) is 5.56 Å². The first kappa shape index (κ1) is 9.84. The van der Waals surface area contributed by atoms with Gasteiger partial charge in [-0.2, -0.15) is 0 Å². The van der Waals surface area contributed by atoms with Crippen molar-refractivity contribution in [2.45, 2.75) is 6.23 Å². The molecule has 2 N–H and O–H groups in total. The van der Waals surface area contributed by atoms with Crippen molar-refractivity contribution < 1.29 is 14.5 Å². The van der Waals surface area contributed by atoms with E-state index in [-0.39, 0.29) is 5.97 Å². The second-order valence-electron chi connectivity index (χ2n) is 3.79. The first-order chi connectivity index (χ1) is 8.34. The number of H-pyrrole nitrogens is 1. The molecule has 17 heavy (non-hydrogen) atoms. The number of fused-ring (bicyclic) bond motifs is 1. The summed E-state index contributed by atoms with van der Waals surface area (Å²) in [7, 11) is 0. The SMILES string of the molecule is O=C1O[C@@H](Nc2cccc[nH+]2)c2ccccc21. The Morgan fingerprint density at radius 3 is 2.76 bits per heavy atom. The van der Waals surface area contributed by atoms with Gasteiger partial charge in [0.25, 0.3) is 12.0 Å². The molecule has 2 aromatic rings. The maximum atomic E-state index is 11.6. The predicted molar refractivity (Wildman–Crippen MR) is 61.2 cm³/mol. The molecule has 0 amide bonds. The Hall–Kier alpha value is -2.36. The number of cyclic esters (lactones) is 1. The maximum absolute atomic E-state index is 11.6. The highest BCUT2D eigenvalue weighted by Gasteiger charge is 2.33. The van der Waals surface area contributed by atoms with Gasteiger partial charge in [0.2, 0.25) is 0 Å². The van der Waals surface area contributed by atoms with Crippen molar-refractivity contribution >= 4 is 11.8 Å². The van der Waals surface area contributed by atoms with E-state index in [9.17, 15) is 4.79 Å². The molecule has 0 saturated heterocycles. The summed E-state index contributed by atoms with van der Waals surface area (Å²) in [6.45, 7) is 0. The van der Waals surface area contributed by atoms with Crippen molar-refractivity contribution in [3.63, 3.8) is 0 Å². The Kier molecular flexibility index (Phi) is 2.26. The molecular weight excluding hydrogens is 216 g/mol. The number of hydrogen-bond acceptors (Lipinski definition) is 3. The summed E-state index contributed by atoms with van der Waals surface area (Å²) in [4.78, 5) is 14.6. The Bertz CT molecular complexity index is 554. The smallest absolute Gasteiger partial charge is 0.342 e. The minimum atomic E-state index is -0.419. The number of nitrogens with one attached hydrogen (secondary N) is 2. The third-order valence-electron chi connectivity index (χ3n) is 2.68. The lowest BCUT2D eigenvalue weighted by Gasteiger charge is -2.06. The number of ether oxygens (including phenoxy) is 1. The molecule has 0 spiro atoms. The average Bonchev–Trinajstić information content (AvgIpc) is 2.69. The fraction of sp³-hybridized carbons (Fsp3) is 0.0769. The number of anilines is 1. The maximum Gasteiger partial charge on any atom is 0.342 e. The van der Waals surface area contributed by atoms with Crippen LogP contribution in [0.15, 0.2) is 48.7 Å². The van der Waals surface area contributed by atoms with E-state index in [1.807, 2.05) is 42.6 Å². The van der Waals surface area contributed by atoms with Crippen LogP contribution in [0.1, 0.15) is 22.1 Å². The van der Waals surface area contributed by atoms with Crippen LogP contribution in [0.5, 0.6) is 0 Å². The lowest BCUT2D eigenvalue weighted by atomic mass is 10.1. The number of benzene rings is 1. The van der Waals surface area contributed by atoms with Crippen LogP contribution in [-0.4, -0.2) is 5.97 Å². The number of aromatic amines is 1. The standard InChI is InChI=1S/C13H10N2O2/c16-13-10-6-2-1-5-9(10)12(17-13)15-11-7-3-4-8-14-11/h1-8,12H,(H,14,15)/p+1/t12-/m1/s1. The van der Waals surface area contributed by atoms with Crippen molar-refractivity contribution in [1.29, 1.82) is 0 Å². The molecule has 1 aromatic heterocycles. The van der Waals surface area contributed by atoms with E-state index in [1.165, 1.54) is 0 Å². The monoisotopic (exact) mass is 227 g/mol. The molecule has 0 aliphatic carbocycles. The van der Waals surface area contributed by atoms with Gasteiger partial charge in [-0.3, -0.25) is 0 Å². The van der Waals surface area contributed by atoms with E-state index in [4.69, 9.17) is 4.74 Å². The Morgan fingerprint density at radius 1 is 1.12 bits per heavy atom. The Balaban J connectivity index is 1.90. The van der Waals surface area contributed by atoms with E-state index < -0.39 is 6.23 Å². The van der Waals surface area contributed by atoms with Gasteiger partial charge >= 0.3 is 5.97 Å². The highest BCUT2D eigenvalue weighted by atomic mass is 16.6. The zero-order valence-electron chi connectivity index (χ0n) is 9.01. The van der Waals surface area contributed by atoms with Crippen LogP contribution in [0.3, 0.4) is 0 Å². The third-order valence-corrected chi connectivity index (χ3v) is 2.68. The number of rotatable bonds is 2. The molecule has 0 saturated carbocycles. The predicted octanol–water partition coefficient (Wildman–Crippen LogP) is 1.78. The lowest BCUT2D eigenvalue weighted by molar-refractivity contribution is -0.361. The number of aromatic nitrogens is 1. The molecule has 0 unspecified atom stereocenters. The quantitative estimate of drug-likeness (QED) is 0.796. The van der Waals surface area contributed by atoms with Crippen LogP contribution in [0.25, 0.3) is 0 Å². The van der Waals surface area contributed by atoms with Crippen LogP contribution in [0.4, 0.5) is 5.82 Å². The third kappa shape index (κ3) is 1.73. The fourth-order valence-corrected chi connectivity index (χ4v) is 1.88. The highest BCUT2D eigenvalue weighted by Crippen LogP contribution is 2.30. The van der Waals surface area contributed by atoms with E-state index in [0.717, 1.165) is 11.4 Å². The molecule has 0 fully saturated rings. The van der Waals surface area contributed by atoms with Crippen LogP contribution in [0, 0.1) is 0 Å². The molecule has 4 nitrogen and oxygen atoms in total. The number of pyridine rings is 1. The van der Waals surface area contributed by atoms with Crippen molar-refractivity contribution in [2.75, 3.05) is 5.32 Å². The molecule has 2 heterocycles. The first-order valence-corrected chi connectivity index (χ1v) is 5.38. The van der Waals surface area contributed by atoms with Gasteiger partial charge in [0.05, 0.1) is 17.3 Å². The minimum absolute atomic E-state index is 0.283. The summed E-state index contributed by atoms with van der Waals surface area (Å²) < 4.78 is 5.27. The van der Waals surface area contributed by atoms with Crippen LogP contribution >= 0.6 is 0 Å². The van der Waals surface area contributed by atoms with Crippen molar-refractivity contribution in [3.8, 4) is 0 Å². The van der Waals surface area contributed by atoms with Crippen molar-refractivity contribution in [1.82, 2.24) is 0 Å². The van der Waals surface area contributed by atoms with E-state index in [2.05, 4.69) is 10.3 Å². The van der Waals surface area contributed by atoms with Gasteiger partial charge in [0.15, 0.2) is 0 Å². The molecule has 4 heteroatoms. The second kappa shape index (κ2) is 3.90. The topological polar surface area (TPSA) is 52.5 Å². The molecule has 3 rings (SSSR count). The van der Waals surface area contributed by atoms with Gasteiger partial charge in [-0.1, -0.05) is 24.3 Å². The summed E-state index contributed by atoms with van der Waals surface area (Å²) >= 11 is 0. The zero-order valence-corrected chi connectivity index (χ0v) is 9.01. The second-order valence-corrected chi connectivity index (χ2v) is 3.79. The van der Waals surface area contributed by atoms with Gasteiger partial charge < -0.3 is 4.74 Å². The number of carbonyl (C=O) groups excluding carboxylic acids is 1. The number of esters is 1.